The number of rotatable bonds is 0. The SMILES string of the molecule is C=CC.C=CC.C=CC.Cl. The molecule has 0 N–H and O–H groups in total. The van der Waals surface area contributed by atoms with Crippen LogP contribution in [0.15, 0.2) is 38.0 Å². The van der Waals surface area contributed by atoms with Gasteiger partial charge in [-0.2, -0.15) is 0 Å². The number of hydrogen-bond donors (Lipinski definition) is 0. The number of hydrogen-bond acceptors (Lipinski definition) is 0. The van der Waals surface area contributed by atoms with E-state index >= 15 is 0 Å². The van der Waals surface area contributed by atoms with Crippen molar-refractivity contribution in [2.45, 2.75) is 20.8 Å². The smallest absolute Gasteiger partial charge is 0.0473 e. The van der Waals surface area contributed by atoms with E-state index in [1.165, 1.54) is 0 Å². The third kappa shape index (κ3) is 1330. The minimum atomic E-state index is 0. The Bertz CT molecular complexity index is 41.5. The molecule has 0 radical (unpaired) electrons. The van der Waals surface area contributed by atoms with Gasteiger partial charge in [0, 0.05) is 0 Å². The second-order valence-corrected chi connectivity index (χ2v) is 1.22. The Morgan fingerprint density at radius 3 is 0.700 bits per heavy atom. The van der Waals surface area contributed by atoms with E-state index in [9.17, 15) is 0 Å². The summed E-state index contributed by atoms with van der Waals surface area (Å²) in [6.45, 7) is 15.8. The van der Waals surface area contributed by atoms with Crippen molar-refractivity contribution in [2.75, 3.05) is 0 Å². The van der Waals surface area contributed by atoms with Crippen molar-refractivity contribution in [3.8, 4) is 0 Å². The van der Waals surface area contributed by atoms with Crippen LogP contribution in [0.25, 0.3) is 0 Å². The maximum Gasteiger partial charge on any atom is -0.0473 e. The van der Waals surface area contributed by atoms with Gasteiger partial charge in [0.15, 0.2) is 0 Å². The van der Waals surface area contributed by atoms with Crippen molar-refractivity contribution in [3.05, 3.63) is 38.0 Å². The van der Waals surface area contributed by atoms with Gasteiger partial charge in [0.05, 0.1) is 0 Å². The molecule has 0 bridgehead atoms. The maximum absolute atomic E-state index is 3.36. The summed E-state index contributed by atoms with van der Waals surface area (Å²) in [5, 5.41) is 0. The molecule has 0 unspecified atom stereocenters. The molecule has 0 heterocycles. The largest absolute Gasteiger partial charge is 0.147 e. The van der Waals surface area contributed by atoms with Crippen LogP contribution in [0.4, 0.5) is 0 Å². The molecule has 62 valence electrons. The minimum absolute atomic E-state index is 0. The van der Waals surface area contributed by atoms with Gasteiger partial charge < -0.3 is 0 Å². The molecule has 0 aliphatic heterocycles. The number of allylic oxidation sites excluding steroid dienone is 3. The van der Waals surface area contributed by atoms with Gasteiger partial charge in [-0.05, 0) is 20.8 Å². The fourth-order valence-electron chi connectivity index (χ4n) is 0. The van der Waals surface area contributed by atoms with Gasteiger partial charge >= 0.3 is 0 Å². The van der Waals surface area contributed by atoms with E-state index in [0.717, 1.165) is 0 Å². The fourth-order valence-corrected chi connectivity index (χ4v) is 0. The molecule has 10 heavy (non-hydrogen) atoms. The molecular weight excluding hydrogens is 144 g/mol. The normalized spacial score (nSPS) is 3.90. The van der Waals surface area contributed by atoms with E-state index in [0.29, 0.717) is 0 Å². The zero-order valence-corrected chi connectivity index (χ0v) is 8.08. The summed E-state index contributed by atoms with van der Waals surface area (Å²) in [5.41, 5.74) is 0. The highest BCUT2D eigenvalue weighted by Crippen LogP contribution is 1.38. The lowest BCUT2D eigenvalue weighted by Gasteiger charge is -1.31. The van der Waals surface area contributed by atoms with Crippen LogP contribution in [0.5, 0.6) is 0 Å². The lowest BCUT2D eigenvalue weighted by Crippen LogP contribution is -1.07. The van der Waals surface area contributed by atoms with E-state index in [2.05, 4.69) is 19.7 Å². The Hall–Kier alpha value is -0.490. The van der Waals surface area contributed by atoms with Gasteiger partial charge in [0.25, 0.3) is 0 Å². The van der Waals surface area contributed by atoms with Gasteiger partial charge in [0.2, 0.25) is 0 Å². The first-order valence-corrected chi connectivity index (χ1v) is 2.96. The molecule has 0 aromatic carbocycles. The summed E-state index contributed by atoms with van der Waals surface area (Å²) in [7, 11) is 0. The molecular formula is C9H19Cl. The van der Waals surface area contributed by atoms with Crippen LogP contribution in [-0.4, -0.2) is 0 Å². The maximum atomic E-state index is 3.36. The van der Waals surface area contributed by atoms with Gasteiger partial charge in [-0.1, -0.05) is 18.2 Å². The van der Waals surface area contributed by atoms with E-state index in [-0.39, 0.29) is 12.4 Å². The predicted octanol–water partition coefficient (Wildman–Crippen LogP) is 4.00. The van der Waals surface area contributed by atoms with Crippen molar-refractivity contribution in [1.82, 2.24) is 0 Å². The van der Waals surface area contributed by atoms with Crippen molar-refractivity contribution in [2.24, 2.45) is 0 Å². The average molecular weight is 163 g/mol. The molecule has 0 nitrogen and oxygen atoms in total. The second kappa shape index (κ2) is 76.2. The quantitative estimate of drug-likeness (QED) is 0.473. The van der Waals surface area contributed by atoms with Crippen LogP contribution >= 0.6 is 12.4 Å². The van der Waals surface area contributed by atoms with E-state index in [1.54, 1.807) is 18.2 Å². The third-order valence-electron chi connectivity index (χ3n) is 0. The Balaban J connectivity index is -0.0000000257. The lowest BCUT2D eigenvalue weighted by atomic mass is 10.8. The van der Waals surface area contributed by atoms with Crippen LogP contribution in [0, 0.1) is 0 Å². The molecule has 0 fully saturated rings. The van der Waals surface area contributed by atoms with Gasteiger partial charge in [-0.15, -0.1) is 32.1 Å². The molecule has 0 aromatic rings. The van der Waals surface area contributed by atoms with Crippen LogP contribution < -0.4 is 0 Å². The Labute approximate surface area is 71.8 Å². The van der Waals surface area contributed by atoms with Crippen molar-refractivity contribution in [3.63, 3.8) is 0 Å². The number of halogens is 1. The summed E-state index contributed by atoms with van der Waals surface area (Å²) >= 11 is 0. The summed E-state index contributed by atoms with van der Waals surface area (Å²) in [4.78, 5) is 0. The van der Waals surface area contributed by atoms with Crippen LogP contribution in [0.3, 0.4) is 0 Å². The third-order valence-corrected chi connectivity index (χ3v) is 0. The molecule has 0 aliphatic carbocycles. The summed E-state index contributed by atoms with van der Waals surface area (Å²) in [6.07, 6.45) is 5.25. The van der Waals surface area contributed by atoms with Gasteiger partial charge in [-0.3, -0.25) is 0 Å². The Morgan fingerprint density at radius 2 is 0.700 bits per heavy atom. The van der Waals surface area contributed by atoms with Crippen LogP contribution in [0.2, 0.25) is 0 Å². The minimum Gasteiger partial charge on any atom is -0.147 e. The van der Waals surface area contributed by atoms with Gasteiger partial charge in [0.1, 0.15) is 0 Å². The molecule has 0 amide bonds. The molecule has 0 aliphatic rings. The molecule has 0 saturated heterocycles. The highest BCUT2D eigenvalue weighted by Gasteiger charge is 1.15. The van der Waals surface area contributed by atoms with E-state index in [1.807, 2.05) is 20.8 Å². The fraction of sp³-hybridized carbons (Fsp3) is 0.333. The average Bonchev–Trinajstić information content (AvgIpc) is 1.70. The van der Waals surface area contributed by atoms with Crippen molar-refractivity contribution in [1.29, 1.82) is 0 Å². The van der Waals surface area contributed by atoms with Gasteiger partial charge in [-0.25, -0.2) is 0 Å². The first-order valence-electron chi connectivity index (χ1n) is 2.96. The Morgan fingerprint density at radius 1 is 0.700 bits per heavy atom. The lowest BCUT2D eigenvalue weighted by molar-refractivity contribution is 1.80. The van der Waals surface area contributed by atoms with Crippen molar-refractivity contribution < 1.29 is 0 Å². The summed E-state index contributed by atoms with van der Waals surface area (Å²) in [5.74, 6) is 0. The predicted molar refractivity (Wildman–Crippen MR) is 54.9 cm³/mol. The molecule has 0 aromatic heterocycles. The summed E-state index contributed by atoms with van der Waals surface area (Å²) < 4.78 is 0. The molecule has 0 rings (SSSR count). The molecule has 0 spiro atoms. The first kappa shape index (κ1) is 22.7. The molecule has 1 heteroatoms. The topological polar surface area (TPSA) is 0 Å². The van der Waals surface area contributed by atoms with E-state index < -0.39 is 0 Å². The zero-order valence-electron chi connectivity index (χ0n) is 7.26. The van der Waals surface area contributed by atoms with Crippen LogP contribution in [-0.2, 0) is 0 Å². The standard InChI is InChI=1S/3C3H6.ClH/c3*1-3-2;/h3*3H,1H2,2H3;1H. The first-order chi connectivity index (χ1) is 4.24. The van der Waals surface area contributed by atoms with Crippen molar-refractivity contribution >= 4 is 12.4 Å². The summed E-state index contributed by atoms with van der Waals surface area (Å²) in [6, 6.07) is 0. The van der Waals surface area contributed by atoms with Crippen LogP contribution in [0.1, 0.15) is 20.8 Å². The highest BCUT2D eigenvalue weighted by molar-refractivity contribution is 5.85. The second-order valence-electron chi connectivity index (χ2n) is 1.22. The van der Waals surface area contributed by atoms with E-state index in [4.69, 9.17) is 0 Å². The molecule has 0 saturated carbocycles. The monoisotopic (exact) mass is 162 g/mol. The zero-order chi connectivity index (χ0) is 8.12. The Kier molecular flexibility index (Phi) is 173. The molecule has 0 atom stereocenters. The highest BCUT2D eigenvalue weighted by atomic mass is 35.5.